The van der Waals surface area contributed by atoms with E-state index in [4.69, 9.17) is 16.6 Å². The van der Waals surface area contributed by atoms with E-state index >= 15 is 0 Å². The van der Waals surface area contributed by atoms with Gasteiger partial charge >= 0.3 is 7.12 Å². The molecule has 0 radical (unpaired) electrons. The lowest BCUT2D eigenvalue weighted by Crippen LogP contribution is -2.29. The summed E-state index contributed by atoms with van der Waals surface area (Å²) < 4.78 is 1.95. The predicted octanol–water partition coefficient (Wildman–Crippen LogP) is 4.03. The summed E-state index contributed by atoms with van der Waals surface area (Å²) >= 11 is 6.20. The van der Waals surface area contributed by atoms with Gasteiger partial charge in [-0.15, -0.1) is 10.2 Å². The quantitative estimate of drug-likeness (QED) is 0.149. The number of nitrogens with one attached hydrogen (secondary N) is 2. The van der Waals surface area contributed by atoms with Crippen molar-refractivity contribution in [3.8, 4) is 5.69 Å². The Morgan fingerprint density at radius 3 is 2.41 bits per heavy atom. The molecule has 1 aliphatic rings. The van der Waals surface area contributed by atoms with Gasteiger partial charge in [-0.2, -0.15) is 0 Å². The number of unbranched alkanes of at least 4 members (excludes halogenated alkanes) is 2. The lowest BCUT2D eigenvalue weighted by molar-refractivity contribution is -0.121. The van der Waals surface area contributed by atoms with Crippen molar-refractivity contribution >= 4 is 47.4 Å². The maximum absolute atomic E-state index is 12.5. The van der Waals surface area contributed by atoms with E-state index in [1.165, 1.54) is 0 Å². The predicted molar refractivity (Wildman–Crippen MR) is 171 cm³/mol. The molecular weight excluding hydrogens is 579 g/mol. The number of hydrogen-bond acceptors (Lipinski definition) is 7. The van der Waals surface area contributed by atoms with Crippen molar-refractivity contribution in [2.45, 2.75) is 58.5 Å². The van der Waals surface area contributed by atoms with Gasteiger partial charge in [0.2, 0.25) is 11.8 Å². The Labute approximate surface area is 261 Å². The molecule has 0 spiro atoms. The van der Waals surface area contributed by atoms with Crippen LogP contribution in [-0.4, -0.2) is 49.5 Å². The Morgan fingerprint density at radius 2 is 1.70 bits per heavy atom. The summed E-state index contributed by atoms with van der Waals surface area (Å²) in [5.74, 6) is 1.02. The number of carbonyl (C=O) groups excluding carboxylic acids is 2. The highest BCUT2D eigenvalue weighted by molar-refractivity contribution is 6.58. The van der Waals surface area contributed by atoms with Crippen LogP contribution in [0.4, 0.5) is 5.69 Å². The summed E-state index contributed by atoms with van der Waals surface area (Å²) in [5.41, 5.74) is 5.49. The second-order valence-corrected chi connectivity index (χ2v) is 11.1. The van der Waals surface area contributed by atoms with Crippen LogP contribution < -0.4 is 16.1 Å². The molecule has 3 aromatic carbocycles. The Bertz CT molecular complexity index is 1670. The average molecular weight is 613 g/mol. The fourth-order valence-electron chi connectivity index (χ4n) is 5.18. The SMILES string of the molecule is CCC(=O)N[C@@H]1N=C(c2ccc(Cl)cc2)c2cc(CCCCCC(=O)Nc3ccc(B(O)O)cc3)ccc2-n2c(C)nnc21. The van der Waals surface area contributed by atoms with Crippen molar-refractivity contribution < 1.29 is 19.6 Å². The van der Waals surface area contributed by atoms with Crippen molar-refractivity contribution in [3.63, 3.8) is 0 Å². The number of hydrogen-bond donors (Lipinski definition) is 4. The minimum Gasteiger partial charge on any atom is -0.423 e. The molecule has 44 heavy (non-hydrogen) atoms. The van der Waals surface area contributed by atoms with Gasteiger partial charge in [0.05, 0.1) is 11.4 Å². The van der Waals surface area contributed by atoms with Crippen molar-refractivity contribution in [1.82, 2.24) is 20.1 Å². The second kappa shape index (κ2) is 14.0. The van der Waals surface area contributed by atoms with E-state index in [0.29, 0.717) is 40.7 Å². The number of nitrogens with zero attached hydrogens (tertiary/aromatic N) is 4. The van der Waals surface area contributed by atoms with Crippen LogP contribution in [0.2, 0.25) is 5.02 Å². The van der Waals surface area contributed by atoms with Gasteiger partial charge in [0, 0.05) is 34.7 Å². The summed E-state index contributed by atoms with van der Waals surface area (Å²) in [5, 5.41) is 33.6. The van der Waals surface area contributed by atoms with Gasteiger partial charge in [0.15, 0.2) is 12.0 Å². The zero-order valence-electron chi connectivity index (χ0n) is 24.6. The molecule has 2 heterocycles. The molecular formula is C32H34BClN6O4. The molecule has 1 aromatic heterocycles. The smallest absolute Gasteiger partial charge is 0.423 e. The number of aromatic nitrogens is 3. The summed E-state index contributed by atoms with van der Waals surface area (Å²) in [7, 11) is -1.54. The molecule has 0 fully saturated rings. The maximum Gasteiger partial charge on any atom is 0.488 e. The molecule has 5 rings (SSSR count). The van der Waals surface area contributed by atoms with Crippen molar-refractivity contribution in [3.05, 3.63) is 100 Å². The molecule has 2 amide bonds. The number of halogens is 1. The first kappa shape index (κ1) is 31.1. The third-order valence-electron chi connectivity index (χ3n) is 7.51. The van der Waals surface area contributed by atoms with Gasteiger partial charge < -0.3 is 20.7 Å². The van der Waals surface area contributed by atoms with E-state index in [1.807, 2.05) is 35.8 Å². The van der Waals surface area contributed by atoms with Gasteiger partial charge in [-0.05, 0) is 73.6 Å². The highest BCUT2D eigenvalue weighted by atomic mass is 35.5. The molecule has 12 heteroatoms. The summed E-state index contributed by atoms with van der Waals surface area (Å²) in [6.07, 6.45) is 3.32. The Hall–Kier alpha value is -4.32. The first-order chi connectivity index (χ1) is 21.2. The maximum atomic E-state index is 12.5. The van der Waals surface area contributed by atoms with Gasteiger partial charge in [0.25, 0.3) is 0 Å². The number of fused-ring (bicyclic) bond motifs is 3. The van der Waals surface area contributed by atoms with E-state index in [9.17, 15) is 19.6 Å². The molecule has 0 saturated carbocycles. The third-order valence-corrected chi connectivity index (χ3v) is 7.76. The van der Waals surface area contributed by atoms with Crippen LogP contribution in [0.5, 0.6) is 0 Å². The van der Waals surface area contributed by atoms with E-state index in [1.54, 1.807) is 31.2 Å². The van der Waals surface area contributed by atoms with E-state index in [0.717, 1.165) is 53.8 Å². The minimum atomic E-state index is -1.54. The number of aryl methyl sites for hydroxylation is 2. The Kier molecular flexibility index (Phi) is 9.89. The number of anilines is 1. The fourth-order valence-corrected chi connectivity index (χ4v) is 5.30. The average Bonchev–Trinajstić information content (AvgIpc) is 3.34. The Balaban J connectivity index is 1.31. The molecule has 4 N–H and O–H groups in total. The normalized spacial score (nSPS) is 13.8. The minimum absolute atomic E-state index is 0.0824. The Morgan fingerprint density at radius 1 is 0.955 bits per heavy atom. The van der Waals surface area contributed by atoms with Crippen LogP contribution in [0.25, 0.3) is 5.69 Å². The van der Waals surface area contributed by atoms with Crippen molar-refractivity contribution in [1.29, 1.82) is 0 Å². The van der Waals surface area contributed by atoms with Crippen molar-refractivity contribution in [2.75, 3.05) is 5.32 Å². The first-order valence-corrected chi connectivity index (χ1v) is 15.1. The number of carbonyl (C=O) groups is 2. The lowest BCUT2D eigenvalue weighted by atomic mass is 9.80. The number of benzene rings is 3. The van der Waals surface area contributed by atoms with E-state index in [2.05, 4.69) is 39.0 Å². The topological polar surface area (TPSA) is 142 Å². The van der Waals surface area contributed by atoms with E-state index < -0.39 is 13.3 Å². The standard InChI is InChI=1S/C32H34BClN6O4/c1-3-28(41)36-31-32-39-38-20(2)40(32)27-18-9-21(19-26(27)30(37-31)22-10-14-24(34)15-11-22)7-5-4-6-8-29(42)35-25-16-12-23(13-17-25)33(43)44/h9-19,31,43-44H,3-8H2,1-2H3,(H,35,42)(H,36,41)/t31-/m1/s1. The largest absolute Gasteiger partial charge is 0.488 e. The lowest BCUT2D eigenvalue weighted by Gasteiger charge is -2.14. The molecule has 1 aliphatic heterocycles. The van der Waals surface area contributed by atoms with Crippen LogP contribution in [0.15, 0.2) is 71.7 Å². The molecule has 226 valence electrons. The van der Waals surface area contributed by atoms with Gasteiger partial charge in [-0.3, -0.25) is 19.1 Å². The third kappa shape index (κ3) is 7.24. The van der Waals surface area contributed by atoms with Crippen LogP contribution in [0, 0.1) is 6.92 Å². The number of amides is 2. The molecule has 4 aromatic rings. The molecule has 0 unspecified atom stereocenters. The van der Waals surface area contributed by atoms with Gasteiger partial charge in [0.1, 0.15) is 5.82 Å². The first-order valence-electron chi connectivity index (χ1n) is 14.7. The second-order valence-electron chi connectivity index (χ2n) is 10.7. The van der Waals surface area contributed by atoms with Gasteiger partial charge in [-0.1, -0.05) is 55.3 Å². The van der Waals surface area contributed by atoms with Crippen LogP contribution in [0.3, 0.4) is 0 Å². The van der Waals surface area contributed by atoms with E-state index in [-0.39, 0.29) is 11.8 Å². The summed E-state index contributed by atoms with van der Waals surface area (Å²) in [6, 6.07) is 20.2. The highest BCUT2D eigenvalue weighted by Crippen LogP contribution is 2.31. The monoisotopic (exact) mass is 612 g/mol. The van der Waals surface area contributed by atoms with Gasteiger partial charge in [-0.25, -0.2) is 0 Å². The van der Waals surface area contributed by atoms with Crippen LogP contribution in [-0.2, 0) is 16.0 Å². The van der Waals surface area contributed by atoms with Crippen LogP contribution >= 0.6 is 11.6 Å². The van der Waals surface area contributed by atoms with Crippen LogP contribution in [0.1, 0.15) is 73.5 Å². The molecule has 0 saturated heterocycles. The number of aliphatic imine (C=N–C) groups is 1. The summed E-state index contributed by atoms with van der Waals surface area (Å²) in [6.45, 7) is 3.67. The summed E-state index contributed by atoms with van der Waals surface area (Å²) in [4.78, 5) is 29.9. The van der Waals surface area contributed by atoms with Crippen molar-refractivity contribution in [2.24, 2.45) is 4.99 Å². The zero-order chi connectivity index (χ0) is 31.2. The zero-order valence-corrected chi connectivity index (χ0v) is 25.4. The molecule has 0 aliphatic carbocycles. The molecule has 10 nitrogen and oxygen atoms in total. The number of rotatable bonds is 11. The molecule has 1 atom stereocenters. The molecule has 0 bridgehead atoms. The highest BCUT2D eigenvalue weighted by Gasteiger charge is 2.29. The fraction of sp³-hybridized carbons (Fsp3) is 0.281.